The molecule has 0 spiro atoms. The number of thioether (sulfide) groups is 1. The summed E-state index contributed by atoms with van der Waals surface area (Å²) in [7, 11) is 0. The first-order valence-corrected chi connectivity index (χ1v) is 10.3. The van der Waals surface area contributed by atoms with Gasteiger partial charge in [-0.05, 0) is 26.0 Å². The molecule has 1 saturated heterocycles. The summed E-state index contributed by atoms with van der Waals surface area (Å²) in [5.41, 5.74) is -1.01. The van der Waals surface area contributed by atoms with Gasteiger partial charge in [0.2, 0.25) is 5.91 Å². The standard InChI is InChI=1S/C20H26N2O6S/c1-20(2,19(26)28-22-12-15(23)8-9-18(22)25)14-27-11-10-21-17(24)13-29-16-6-4-3-5-7-16/h3-7H,8-14H2,1-2H3,(H,21,24). The quantitative estimate of drug-likeness (QED) is 0.451. The van der Waals surface area contributed by atoms with Crippen LogP contribution in [0.3, 0.4) is 0 Å². The maximum absolute atomic E-state index is 12.3. The fourth-order valence-electron chi connectivity index (χ4n) is 2.37. The van der Waals surface area contributed by atoms with E-state index in [0.29, 0.717) is 12.3 Å². The van der Waals surface area contributed by atoms with Gasteiger partial charge < -0.3 is 14.9 Å². The number of benzene rings is 1. The van der Waals surface area contributed by atoms with E-state index in [1.165, 1.54) is 11.8 Å². The van der Waals surface area contributed by atoms with E-state index in [1.54, 1.807) is 13.8 Å². The summed E-state index contributed by atoms with van der Waals surface area (Å²) >= 11 is 1.45. The minimum absolute atomic E-state index is 0.0469. The Kier molecular flexibility index (Phi) is 8.66. The molecule has 1 aromatic carbocycles. The van der Waals surface area contributed by atoms with E-state index in [1.807, 2.05) is 30.3 Å². The third-order valence-corrected chi connectivity index (χ3v) is 5.12. The van der Waals surface area contributed by atoms with Crippen LogP contribution in [0.4, 0.5) is 0 Å². The van der Waals surface area contributed by atoms with E-state index in [9.17, 15) is 19.2 Å². The van der Waals surface area contributed by atoms with E-state index >= 15 is 0 Å². The molecule has 0 saturated carbocycles. The maximum atomic E-state index is 12.3. The molecule has 0 radical (unpaired) electrons. The Morgan fingerprint density at radius 2 is 1.90 bits per heavy atom. The topological polar surface area (TPSA) is 102 Å². The molecule has 0 aliphatic carbocycles. The first-order chi connectivity index (χ1) is 13.8. The van der Waals surface area contributed by atoms with Gasteiger partial charge in [0.05, 0.1) is 24.4 Å². The lowest BCUT2D eigenvalue weighted by Gasteiger charge is -2.28. The molecule has 1 aliphatic rings. The smallest absolute Gasteiger partial charge is 0.340 e. The van der Waals surface area contributed by atoms with E-state index in [-0.39, 0.29) is 50.2 Å². The van der Waals surface area contributed by atoms with Crippen LogP contribution in [0.2, 0.25) is 0 Å². The van der Waals surface area contributed by atoms with Gasteiger partial charge in [0, 0.05) is 24.3 Å². The molecule has 1 fully saturated rings. The molecule has 29 heavy (non-hydrogen) atoms. The highest BCUT2D eigenvalue weighted by molar-refractivity contribution is 8.00. The van der Waals surface area contributed by atoms with Crippen LogP contribution in [0.1, 0.15) is 26.7 Å². The summed E-state index contributed by atoms with van der Waals surface area (Å²) in [4.78, 5) is 53.4. The lowest BCUT2D eigenvalue weighted by atomic mass is 9.95. The van der Waals surface area contributed by atoms with Crippen molar-refractivity contribution in [3.05, 3.63) is 30.3 Å². The molecule has 2 rings (SSSR count). The van der Waals surface area contributed by atoms with Gasteiger partial charge in [-0.15, -0.1) is 11.8 Å². The predicted octanol–water partition coefficient (Wildman–Crippen LogP) is 1.59. The molecular formula is C20H26N2O6S. The van der Waals surface area contributed by atoms with Gasteiger partial charge >= 0.3 is 5.97 Å². The van der Waals surface area contributed by atoms with E-state index in [4.69, 9.17) is 9.57 Å². The monoisotopic (exact) mass is 422 g/mol. The van der Waals surface area contributed by atoms with Crippen LogP contribution in [-0.4, -0.2) is 60.7 Å². The highest BCUT2D eigenvalue weighted by Gasteiger charge is 2.35. The number of carbonyl (C=O) groups excluding carboxylic acids is 4. The maximum Gasteiger partial charge on any atom is 0.340 e. The Hall–Kier alpha value is -2.39. The molecular weight excluding hydrogens is 396 g/mol. The van der Waals surface area contributed by atoms with Crippen LogP contribution < -0.4 is 5.32 Å². The zero-order valence-electron chi connectivity index (χ0n) is 16.6. The van der Waals surface area contributed by atoms with Crippen LogP contribution in [0, 0.1) is 5.41 Å². The fraction of sp³-hybridized carbons (Fsp3) is 0.500. The third kappa shape index (κ3) is 7.86. The Morgan fingerprint density at radius 3 is 2.62 bits per heavy atom. The van der Waals surface area contributed by atoms with Crippen molar-refractivity contribution in [3.8, 4) is 0 Å². The zero-order chi connectivity index (χ0) is 21.3. The second-order valence-electron chi connectivity index (χ2n) is 7.24. The molecule has 158 valence electrons. The second-order valence-corrected chi connectivity index (χ2v) is 8.28. The molecule has 1 N–H and O–H groups in total. The highest BCUT2D eigenvalue weighted by atomic mass is 32.2. The van der Waals surface area contributed by atoms with Crippen LogP contribution in [0.25, 0.3) is 0 Å². The van der Waals surface area contributed by atoms with Gasteiger partial charge in [0.1, 0.15) is 6.54 Å². The van der Waals surface area contributed by atoms with Crippen molar-refractivity contribution in [1.29, 1.82) is 0 Å². The number of hydrogen-bond acceptors (Lipinski definition) is 7. The van der Waals surface area contributed by atoms with E-state index in [2.05, 4.69) is 5.32 Å². The van der Waals surface area contributed by atoms with Crippen molar-refractivity contribution in [2.75, 3.05) is 32.1 Å². The van der Waals surface area contributed by atoms with Crippen LogP contribution in [0.15, 0.2) is 35.2 Å². The minimum atomic E-state index is -1.01. The largest absolute Gasteiger partial charge is 0.378 e. The number of nitrogens with one attached hydrogen (secondary N) is 1. The van der Waals surface area contributed by atoms with Crippen molar-refractivity contribution in [2.45, 2.75) is 31.6 Å². The summed E-state index contributed by atoms with van der Waals surface area (Å²) in [6, 6.07) is 9.63. The number of piperidine rings is 1. The van der Waals surface area contributed by atoms with Crippen molar-refractivity contribution in [2.24, 2.45) is 5.41 Å². The van der Waals surface area contributed by atoms with E-state index in [0.717, 1.165) is 9.96 Å². The average Bonchev–Trinajstić information content (AvgIpc) is 2.69. The number of rotatable bonds is 10. The molecule has 1 aliphatic heterocycles. The molecule has 0 bridgehead atoms. The third-order valence-electron chi connectivity index (χ3n) is 4.11. The Labute approximate surface area is 174 Å². The lowest BCUT2D eigenvalue weighted by molar-refractivity contribution is -0.210. The van der Waals surface area contributed by atoms with E-state index < -0.39 is 11.4 Å². The van der Waals surface area contributed by atoms with Crippen molar-refractivity contribution in [3.63, 3.8) is 0 Å². The van der Waals surface area contributed by atoms with Gasteiger partial charge in [0.25, 0.3) is 5.91 Å². The summed E-state index contributed by atoms with van der Waals surface area (Å²) in [6.07, 6.45) is 0.222. The van der Waals surface area contributed by atoms with Crippen molar-refractivity contribution in [1.82, 2.24) is 10.4 Å². The number of carbonyl (C=O) groups is 4. The normalized spacial score (nSPS) is 14.6. The van der Waals surface area contributed by atoms with Gasteiger partial charge in [-0.1, -0.05) is 18.2 Å². The van der Waals surface area contributed by atoms with Crippen molar-refractivity contribution >= 4 is 35.3 Å². The first-order valence-electron chi connectivity index (χ1n) is 9.35. The molecule has 0 aromatic heterocycles. The van der Waals surface area contributed by atoms with Crippen LogP contribution in [-0.2, 0) is 28.8 Å². The molecule has 1 aromatic rings. The number of ketones is 1. The predicted molar refractivity (Wildman–Crippen MR) is 107 cm³/mol. The lowest BCUT2D eigenvalue weighted by Crippen LogP contribution is -2.45. The molecule has 0 unspecified atom stereocenters. The van der Waals surface area contributed by atoms with Crippen LogP contribution >= 0.6 is 11.8 Å². The highest BCUT2D eigenvalue weighted by Crippen LogP contribution is 2.20. The summed E-state index contributed by atoms with van der Waals surface area (Å²) in [6.45, 7) is 3.64. The number of amides is 2. The number of ether oxygens (including phenoxy) is 1. The molecule has 8 nitrogen and oxygen atoms in total. The summed E-state index contributed by atoms with van der Waals surface area (Å²) in [5.74, 6) is -0.971. The minimum Gasteiger partial charge on any atom is -0.378 e. The number of hydrogen-bond donors (Lipinski definition) is 1. The Bertz CT molecular complexity index is 738. The summed E-state index contributed by atoms with van der Waals surface area (Å²) in [5, 5.41) is 3.57. The Balaban J connectivity index is 1.62. The number of nitrogens with zero attached hydrogens (tertiary/aromatic N) is 1. The van der Waals surface area contributed by atoms with Gasteiger partial charge in [-0.25, -0.2) is 4.79 Å². The Morgan fingerprint density at radius 1 is 1.17 bits per heavy atom. The molecule has 2 amide bonds. The molecule has 1 heterocycles. The SMILES string of the molecule is CC(C)(COCCNC(=O)CSc1ccccc1)C(=O)ON1CC(=O)CCC1=O. The zero-order valence-corrected chi connectivity index (χ0v) is 17.5. The number of hydroxylamine groups is 2. The fourth-order valence-corrected chi connectivity index (χ4v) is 3.12. The first kappa shape index (κ1) is 22.9. The van der Waals surface area contributed by atoms with Gasteiger partial charge in [-0.3, -0.25) is 14.4 Å². The average molecular weight is 423 g/mol. The number of Topliss-reactive ketones (excluding diaryl/α,β-unsaturated/α-hetero) is 1. The second kappa shape index (κ2) is 11.0. The van der Waals surface area contributed by atoms with Gasteiger partial charge in [0.15, 0.2) is 5.78 Å². The summed E-state index contributed by atoms with van der Waals surface area (Å²) < 4.78 is 5.48. The van der Waals surface area contributed by atoms with Gasteiger partial charge in [-0.2, -0.15) is 5.06 Å². The molecule has 0 atom stereocenters. The molecule has 9 heteroatoms. The van der Waals surface area contributed by atoms with Crippen molar-refractivity contribution < 1.29 is 28.8 Å². The van der Waals surface area contributed by atoms with Crippen LogP contribution in [0.5, 0.6) is 0 Å².